The minimum Gasteiger partial charge on any atom is -0.496 e. The topological polar surface area (TPSA) is 50.4 Å². The van der Waals surface area contributed by atoms with Gasteiger partial charge in [-0.3, -0.25) is 0 Å². The molecule has 1 aliphatic heterocycles. The van der Waals surface area contributed by atoms with Crippen LogP contribution in [0.4, 0.5) is 4.79 Å². The van der Waals surface area contributed by atoms with E-state index in [9.17, 15) is 4.79 Å². The van der Waals surface area contributed by atoms with E-state index in [1.54, 1.807) is 7.11 Å². The van der Waals surface area contributed by atoms with Gasteiger partial charge in [-0.05, 0) is 42.2 Å². The zero-order valence-corrected chi connectivity index (χ0v) is 14.8. The maximum Gasteiger partial charge on any atom is 0.320 e. The normalized spacial score (nSPS) is 19.1. The van der Waals surface area contributed by atoms with E-state index in [0.717, 1.165) is 39.9 Å². The van der Waals surface area contributed by atoms with Crippen molar-refractivity contribution >= 4 is 27.7 Å². The number of halogens is 1. The summed E-state index contributed by atoms with van der Waals surface area (Å²) in [4.78, 5) is 12.3. The highest BCUT2D eigenvalue weighted by Gasteiger charge is 2.33. The number of hydrogen-bond acceptors (Lipinski definition) is 2. The smallest absolute Gasteiger partial charge is 0.320 e. The molecule has 2 aromatic rings. The lowest BCUT2D eigenvalue weighted by Gasteiger charge is -2.34. The minimum atomic E-state index is -0.186. The summed E-state index contributed by atoms with van der Waals surface area (Å²) in [5, 5.41) is 6.06. The highest BCUT2D eigenvalue weighted by molar-refractivity contribution is 9.10. The van der Waals surface area contributed by atoms with Crippen molar-refractivity contribution < 1.29 is 9.53 Å². The van der Waals surface area contributed by atoms with E-state index in [1.807, 2.05) is 30.3 Å². The Labute approximate surface area is 149 Å². The van der Waals surface area contributed by atoms with Crippen molar-refractivity contribution in [3.8, 4) is 5.75 Å². The highest BCUT2D eigenvalue weighted by Crippen LogP contribution is 2.41. The largest absolute Gasteiger partial charge is 0.496 e. The number of ether oxygens (including phenoxy) is 1. The lowest BCUT2D eigenvalue weighted by molar-refractivity contribution is 0.240. The summed E-state index contributed by atoms with van der Waals surface area (Å²) >= 11 is 3.52. The maximum atomic E-state index is 12.3. The molecule has 0 radical (unpaired) electrons. The van der Waals surface area contributed by atoms with Gasteiger partial charge < -0.3 is 15.4 Å². The van der Waals surface area contributed by atoms with E-state index < -0.39 is 0 Å². The molecule has 1 aliphatic carbocycles. The number of benzene rings is 2. The third-order valence-electron chi connectivity index (χ3n) is 4.64. The van der Waals surface area contributed by atoms with Gasteiger partial charge in [-0.15, -0.1) is 0 Å². The standard InChI is InChI=1S/C19H17BrN2O2/c1-24-16-9-7-12(20)10-15(16)18-14-8-6-11-4-2-3-5-13(11)17(14)21-19(23)22-18/h2-5,7,9-10,18H,6,8H2,1H3,(H2,21,22,23). The molecule has 2 aliphatic rings. The van der Waals surface area contributed by atoms with E-state index in [2.05, 4.69) is 38.7 Å². The van der Waals surface area contributed by atoms with E-state index in [4.69, 9.17) is 4.74 Å². The van der Waals surface area contributed by atoms with Crippen molar-refractivity contribution in [2.75, 3.05) is 7.11 Å². The second kappa shape index (κ2) is 5.98. The molecule has 1 atom stereocenters. The average molecular weight is 385 g/mol. The molecule has 24 heavy (non-hydrogen) atoms. The number of nitrogens with one attached hydrogen (secondary N) is 2. The molecular weight excluding hydrogens is 368 g/mol. The Morgan fingerprint density at radius 1 is 1.17 bits per heavy atom. The fourth-order valence-electron chi connectivity index (χ4n) is 3.55. The summed E-state index contributed by atoms with van der Waals surface area (Å²) in [7, 11) is 1.65. The van der Waals surface area contributed by atoms with Crippen LogP contribution in [-0.4, -0.2) is 13.1 Å². The van der Waals surface area contributed by atoms with Gasteiger partial charge >= 0.3 is 6.03 Å². The number of aryl methyl sites for hydroxylation is 1. The van der Waals surface area contributed by atoms with Crippen LogP contribution in [0.15, 0.2) is 52.5 Å². The fraction of sp³-hybridized carbons (Fsp3) is 0.211. The average Bonchev–Trinajstić information content (AvgIpc) is 2.61. The molecule has 1 unspecified atom stereocenters. The van der Waals surface area contributed by atoms with Gasteiger partial charge in [0.1, 0.15) is 5.75 Å². The summed E-state index contributed by atoms with van der Waals surface area (Å²) in [5.41, 5.74) is 5.50. The summed E-state index contributed by atoms with van der Waals surface area (Å²) in [6.07, 6.45) is 1.87. The molecule has 0 fully saturated rings. The van der Waals surface area contributed by atoms with Crippen LogP contribution in [0.5, 0.6) is 5.75 Å². The molecule has 0 saturated carbocycles. The molecule has 2 amide bonds. The molecule has 0 aromatic heterocycles. The first-order valence-corrected chi connectivity index (χ1v) is 8.69. The van der Waals surface area contributed by atoms with Crippen molar-refractivity contribution in [3.05, 3.63) is 69.2 Å². The van der Waals surface area contributed by atoms with Crippen molar-refractivity contribution in [2.24, 2.45) is 0 Å². The number of carbonyl (C=O) groups excluding carboxylic acids is 1. The predicted molar refractivity (Wildman–Crippen MR) is 96.8 cm³/mol. The van der Waals surface area contributed by atoms with Crippen molar-refractivity contribution in [2.45, 2.75) is 18.9 Å². The van der Waals surface area contributed by atoms with Gasteiger partial charge in [-0.25, -0.2) is 4.79 Å². The SMILES string of the molecule is COc1ccc(Br)cc1C1NC(=O)NC2=C1CCc1ccccc12. The van der Waals surface area contributed by atoms with Crippen LogP contribution in [0.2, 0.25) is 0 Å². The van der Waals surface area contributed by atoms with Crippen LogP contribution in [0.1, 0.15) is 29.2 Å². The zero-order valence-electron chi connectivity index (χ0n) is 13.2. The number of carbonyl (C=O) groups is 1. The zero-order chi connectivity index (χ0) is 16.7. The molecule has 0 bridgehead atoms. The number of amides is 2. The first-order chi connectivity index (χ1) is 11.7. The Bertz CT molecular complexity index is 860. The van der Waals surface area contributed by atoms with E-state index >= 15 is 0 Å². The second-order valence-corrected chi connectivity index (χ2v) is 6.89. The second-order valence-electron chi connectivity index (χ2n) is 5.98. The van der Waals surface area contributed by atoms with Gasteiger partial charge in [-0.1, -0.05) is 40.2 Å². The molecule has 2 aromatic carbocycles. The van der Waals surface area contributed by atoms with E-state index in [0.29, 0.717) is 0 Å². The monoisotopic (exact) mass is 384 g/mol. The first kappa shape index (κ1) is 15.3. The third kappa shape index (κ3) is 2.49. The molecule has 2 N–H and O–H groups in total. The van der Waals surface area contributed by atoms with Gasteiger partial charge in [0.25, 0.3) is 0 Å². The fourth-order valence-corrected chi connectivity index (χ4v) is 3.93. The van der Waals surface area contributed by atoms with Crippen molar-refractivity contribution in [1.29, 1.82) is 0 Å². The maximum absolute atomic E-state index is 12.3. The van der Waals surface area contributed by atoms with Gasteiger partial charge in [0.05, 0.1) is 18.8 Å². The van der Waals surface area contributed by atoms with Crippen LogP contribution in [0.3, 0.4) is 0 Å². The van der Waals surface area contributed by atoms with Crippen LogP contribution >= 0.6 is 15.9 Å². The molecule has 4 rings (SSSR count). The predicted octanol–water partition coefficient (Wildman–Crippen LogP) is 4.17. The minimum absolute atomic E-state index is 0.183. The van der Waals surface area contributed by atoms with Gasteiger partial charge in [0, 0.05) is 15.6 Å². The first-order valence-electron chi connectivity index (χ1n) is 7.89. The van der Waals surface area contributed by atoms with Crippen LogP contribution in [0.25, 0.3) is 5.70 Å². The molecule has 122 valence electrons. The molecule has 0 spiro atoms. The summed E-state index contributed by atoms with van der Waals surface area (Å²) in [6, 6.07) is 13.8. The molecule has 1 heterocycles. The molecule has 4 nitrogen and oxygen atoms in total. The number of urea groups is 1. The van der Waals surface area contributed by atoms with Gasteiger partial charge in [-0.2, -0.15) is 0 Å². The van der Waals surface area contributed by atoms with Crippen LogP contribution in [0, 0.1) is 0 Å². The van der Waals surface area contributed by atoms with Gasteiger partial charge in [0.2, 0.25) is 0 Å². The molecule has 0 saturated heterocycles. The van der Waals surface area contributed by atoms with Crippen molar-refractivity contribution in [3.63, 3.8) is 0 Å². The summed E-state index contributed by atoms with van der Waals surface area (Å²) in [5.74, 6) is 0.774. The molecular formula is C19H17BrN2O2. The Hall–Kier alpha value is -2.27. The Morgan fingerprint density at radius 2 is 2.00 bits per heavy atom. The highest BCUT2D eigenvalue weighted by atomic mass is 79.9. The number of rotatable bonds is 2. The third-order valence-corrected chi connectivity index (χ3v) is 5.13. The summed E-state index contributed by atoms with van der Waals surface area (Å²) < 4.78 is 6.49. The quantitative estimate of drug-likeness (QED) is 0.816. The Balaban J connectivity index is 1.88. The lowest BCUT2D eigenvalue weighted by Crippen LogP contribution is -2.44. The van der Waals surface area contributed by atoms with E-state index in [1.165, 1.54) is 11.1 Å². The number of methoxy groups -OCH3 is 1. The lowest BCUT2D eigenvalue weighted by atomic mass is 9.82. The van der Waals surface area contributed by atoms with Crippen LogP contribution < -0.4 is 15.4 Å². The summed E-state index contributed by atoms with van der Waals surface area (Å²) in [6.45, 7) is 0. The molecule has 5 heteroatoms. The van der Waals surface area contributed by atoms with E-state index in [-0.39, 0.29) is 12.1 Å². The van der Waals surface area contributed by atoms with Crippen LogP contribution in [-0.2, 0) is 6.42 Å². The van der Waals surface area contributed by atoms with Crippen molar-refractivity contribution in [1.82, 2.24) is 10.6 Å². The Kier molecular flexibility index (Phi) is 3.81. The Morgan fingerprint density at radius 3 is 2.83 bits per heavy atom. The number of hydrogen-bond donors (Lipinski definition) is 2. The number of fused-ring (bicyclic) bond motifs is 2. The van der Waals surface area contributed by atoms with Gasteiger partial charge in [0.15, 0.2) is 0 Å².